The highest BCUT2D eigenvalue weighted by Gasteiger charge is 2.44. The van der Waals surface area contributed by atoms with Crippen LogP contribution in [0.3, 0.4) is 0 Å². The number of anilines is 1. The van der Waals surface area contributed by atoms with E-state index in [0.717, 1.165) is 36.2 Å². The van der Waals surface area contributed by atoms with Gasteiger partial charge in [-0.25, -0.2) is 4.68 Å². The van der Waals surface area contributed by atoms with E-state index >= 15 is 0 Å². The number of carbonyl (C=O) groups is 1. The zero-order valence-corrected chi connectivity index (χ0v) is 18.6. The molecule has 0 radical (unpaired) electrons. The Morgan fingerprint density at radius 2 is 1.77 bits per heavy atom. The third kappa shape index (κ3) is 3.34. The first-order valence-corrected chi connectivity index (χ1v) is 11.0. The number of nitrogens with one attached hydrogen (secondary N) is 2. The van der Waals surface area contributed by atoms with Crippen LogP contribution < -0.4 is 10.9 Å². The van der Waals surface area contributed by atoms with E-state index in [1.807, 2.05) is 10.7 Å². The van der Waals surface area contributed by atoms with E-state index < -0.39 is 0 Å². The van der Waals surface area contributed by atoms with Crippen molar-refractivity contribution in [3.63, 3.8) is 0 Å². The smallest absolute Gasteiger partial charge is 0.290 e. The molecule has 2 aliphatic carbocycles. The third-order valence-electron chi connectivity index (χ3n) is 5.78. The second-order valence-corrected chi connectivity index (χ2v) is 9.23. The zero-order valence-electron chi connectivity index (χ0n) is 15.6. The lowest BCUT2D eigenvalue weighted by atomic mass is 9.95. The number of fused-ring (bicyclic) bond motifs is 5. The molecule has 1 fully saturated rings. The molecule has 1 heterocycles. The maximum Gasteiger partial charge on any atom is 0.290 e. The van der Waals surface area contributed by atoms with Crippen molar-refractivity contribution in [1.82, 2.24) is 15.2 Å². The topological polar surface area (TPSA) is 59.0 Å². The van der Waals surface area contributed by atoms with E-state index in [0.29, 0.717) is 43.3 Å². The summed E-state index contributed by atoms with van der Waals surface area (Å²) in [5, 5.41) is 6.56. The van der Waals surface area contributed by atoms with Gasteiger partial charge < -0.3 is 0 Å². The second kappa shape index (κ2) is 7.65. The van der Waals surface area contributed by atoms with Crippen LogP contribution in [-0.2, 0) is 0 Å². The number of halogens is 4. The summed E-state index contributed by atoms with van der Waals surface area (Å²) in [7, 11) is 0. The first-order chi connectivity index (χ1) is 14.4. The van der Waals surface area contributed by atoms with Crippen molar-refractivity contribution in [2.24, 2.45) is 0 Å². The fourth-order valence-electron chi connectivity index (χ4n) is 4.50. The summed E-state index contributed by atoms with van der Waals surface area (Å²) in [6, 6.07) is 10.3. The normalized spacial score (nSPS) is 19.1. The van der Waals surface area contributed by atoms with Crippen LogP contribution in [0, 0.1) is 0 Å². The number of hydrazine groups is 1. The maximum absolute atomic E-state index is 13.0. The first-order valence-electron chi connectivity index (χ1n) is 9.52. The predicted molar refractivity (Wildman–Crippen MR) is 120 cm³/mol. The molecule has 9 heteroatoms. The van der Waals surface area contributed by atoms with Crippen molar-refractivity contribution in [3.05, 3.63) is 73.4 Å². The number of carbonyl (C=O) groups excluding carboxylic acids is 1. The van der Waals surface area contributed by atoms with Crippen LogP contribution in [0.15, 0.2) is 36.4 Å². The molecule has 0 spiro atoms. The van der Waals surface area contributed by atoms with Gasteiger partial charge in [-0.3, -0.25) is 15.6 Å². The van der Waals surface area contributed by atoms with Gasteiger partial charge in [-0.1, -0.05) is 46.4 Å². The van der Waals surface area contributed by atoms with Gasteiger partial charge in [-0.15, -0.1) is 0 Å². The Morgan fingerprint density at radius 1 is 0.967 bits per heavy atom. The lowest BCUT2D eigenvalue weighted by Gasteiger charge is -2.15. The Hall–Kier alpha value is -1.92. The summed E-state index contributed by atoms with van der Waals surface area (Å²) in [4.78, 5) is 13.0. The molecule has 0 aliphatic heterocycles. The van der Waals surface area contributed by atoms with Crippen molar-refractivity contribution >= 4 is 58.0 Å². The van der Waals surface area contributed by atoms with Crippen molar-refractivity contribution in [1.29, 1.82) is 0 Å². The van der Waals surface area contributed by atoms with Crippen LogP contribution in [0.5, 0.6) is 0 Å². The summed E-state index contributed by atoms with van der Waals surface area (Å²) in [6.45, 7) is 0. The number of nitrogens with zero attached hydrogens (tertiary/aromatic N) is 2. The lowest BCUT2D eigenvalue weighted by molar-refractivity contribution is 0.0956. The molecular formula is C21H16Cl4N4O. The van der Waals surface area contributed by atoms with Gasteiger partial charge in [0.2, 0.25) is 0 Å². The Morgan fingerprint density at radius 3 is 2.53 bits per heavy atom. The van der Waals surface area contributed by atoms with Gasteiger partial charge in [0.05, 0.1) is 32.1 Å². The molecule has 0 saturated heterocycles. The Kier molecular flexibility index (Phi) is 5.10. The van der Waals surface area contributed by atoms with E-state index in [-0.39, 0.29) is 5.91 Å². The van der Waals surface area contributed by atoms with Crippen LogP contribution in [0.2, 0.25) is 20.1 Å². The van der Waals surface area contributed by atoms with E-state index in [9.17, 15) is 4.79 Å². The molecule has 5 nitrogen and oxygen atoms in total. The van der Waals surface area contributed by atoms with E-state index in [2.05, 4.69) is 16.0 Å². The van der Waals surface area contributed by atoms with E-state index in [4.69, 9.17) is 46.4 Å². The molecule has 2 bridgehead atoms. The SMILES string of the molecule is O=C(NNc1ccc(Cl)c(Cl)c1)c1nn(-c2ccc(Cl)cc2Cl)c2c1C1CCC2C1. The monoisotopic (exact) mass is 480 g/mol. The molecule has 2 aliphatic rings. The standard InChI is InChI=1S/C21H16Cl4N4O/c22-12-3-6-17(16(25)8-12)29-20-11-2-1-10(7-11)18(20)19(28-29)21(30)27-26-13-4-5-14(23)15(24)9-13/h3-6,8-11,26H,1-2,7H2,(H,27,30). The summed E-state index contributed by atoms with van der Waals surface area (Å²) in [5.41, 5.74) is 9.45. The van der Waals surface area contributed by atoms with Gasteiger partial charge >= 0.3 is 0 Å². The van der Waals surface area contributed by atoms with Gasteiger partial charge in [0, 0.05) is 16.5 Å². The highest BCUT2D eigenvalue weighted by Crippen LogP contribution is 2.54. The Labute approximate surface area is 193 Å². The molecule has 30 heavy (non-hydrogen) atoms. The minimum absolute atomic E-state index is 0.311. The molecule has 3 aromatic rings. The van der Waals surface area contributed by atoms with Gasteiger partial charge in [0.25, 0.3) is 5.91 Å². The van der Waals surface area contributed by atoms with Crippen LogP contribution in [0.4, 0.5) is 5.69 Å². The van der Waals surface area contributed by atoms with Gasteiger partial charge in [-0.05, 0) is 61.6 Å². The molecule has 2 N–H and O–H groups in total. The molecule has 1 aromatic heterocycles. The number of hydrogen-bond acceptors (Lipinski definition) is 3. The minimum atomic E-state index is -0.311. The van der Waals surface area contributed by atoms with Crippen molar-refractivity contribution < 1.29 is 4.79 Å². The summed E-state index contributed by atoms with van der Waals surface area (Å²) in [6.07, 6.45) is 3.20. The molecule has 1 saturated carbocycles. The molecule has 2 aromatic carbocycles. The average Bonchev–Trinajstić information content (AvgIpc) is 3.41. The van der Waals surface area contributed by atoms with Crippen LogP contribution >= 0.6 is 46.4 Å². The number of amides is 1. The Balaban J connectivity index is 1.49. The summed E-state index contributed by atoms with van der Waals surface area (Å²) in [5.74, 6) is 0.415. The average molecular weight is 482 g/mol. The van der Waals surface area contributed by atoms with Crippen LogP contribution in [-0.4, -0.2) is 15.7 Å². The lowest BCUT2D eigenvalue weighted by Crippen LogP contribution is -2.30. The summed E-state index contributed by atoms with van der Waals surface area (Å²) < 4.78 is 1.81. The third-order valence-corrected chi connectivity index (χ3v) is 7.06. The highest BCUT2D eigenvalue weighted by molar-refractivity contribution is 6.42. The van der Waals surface area contributed by atoms with E-state index in [1.165, 1.54) is 0 Å². The Bertz CT molecular complexity index is 1180. The fourth-order valence-corrected chi connectivity index (χ4v) is 5.28. The van der Waals surface area contributed by atoms with Crippen LogP contribution in [0.1, 0.15) is 52.8 Å². The van der Waals surface area contributed by atoms with Gasteiger partial charge in [0.1, 0.15) is 0 Å². The first kappa shape index (κ1) is 20.0. The maximum atomic E-state index is 13.0. The molecule has 2 atom stereocenters. The minimum Gasteiger partial charge on any atom is -0.298 e. The number of rotatable bonds is 4. The van der Waals surface area contributed by atoms with E-state index in [1.54, 1.807) is 30.3 Å². The van der Waals surface area contributed by atoms with Gasteiger partial charge in [-0.2, -0.15) is 5.10 Å². The predicted octanol–water partition coefficient (Wildman–Crippen LogP) is 6.61. The van der Waals surface area contributed by atoms with Crippen molar-refractivity contribution in [3.8, 4) is 5.69 Å². The van der Waals surface area contributed by atoms with Crippen LogP contribution in [0.25, 0.3) is 5.69 Å². The van der Waals surface area contributed by atoms with Crippen molar-refractivity contribution in [2.45, 2.75) is 31.1 Å². The molecule has 1 amide bonds. The molecule has 5 rings (SSSR count). The zero-order chi connectivity index (χ0) is 21.0. The van der Waals surface area contributed by atoms with Gasteiger partial charge in [0.15, 0.2) is 5.69 Å². The molecular weight excluding hydrogens is 466 g/mol. The quantitative estimate of drug-likeness (QED) is 0.412. The molecule has 2 unspecified atom stereocenters. The molecule has 154 valence electrons. The largest absolute Gasteiger partial charge is 0.298 e. The number of aromatic nitrogens is 2. The second-order valence-electron chi connectivity index (χ2n) is 7.57. The fraction of sp³-hybridized carbons (Fsp3) is 0.238. The summed E-state index contributed by atoms with van der Waals surface area (Å²) >= 11 is 24.5. The number of benzene rings is 2. The number of hydrogen-bond donors (Lipinski definition) is 2. The highest BCUT2D eigenvalue weighted by atomic mass is 35.5. The van der Waals surface area contributed by atoms with Crippen molar-refractivity contribution in [2.75, 3.05) is 5.43 Å².